The molecule has 0 saturated carbocycles. The number of carbonyl (C=O) groups excluding carboxylic acids is 3. The Labute approximate surface area is 132 Å². The van der Waals surface area contributed by atoms with E-state index in [1.54, 1.807) is 13.8 Å². The minimum absolute atomic E-state index is 0.266. The lowest BCUT2D eigenvalue weighted by Crippen LogP contribution is -2.16. The van der Waals surface area contributed by atoms with Crippen molar-refractivity contribution in [3.63, 3.8) is 0 Å². The van der Waals surface area contributed by atoms with E-state index < -0.39 is 0 Å². The van der Waals surface area contributed by atoms with E-state index >= 15 is 0 Å². The summed E-state index contributed by atoms with van der Waals surface area (Å²) in [5.41, 5.74) is 1.99. The van der Waals surface area contributed by atoms with Crippen LogP contribution < -0.4 is 0 Å². The summed E-state index contributed by atoms with van der Waals surface area (Å²) in [5, 5.41) is 0.600. The third-order valence-corrected chi connectivity index (χ3v) is 3.76. The fourth-order valence-electron chi connectivity index (χ4n) is 1.68. The van der Waals surface area contributed by atoms with Crippen molar-refractivity contribution in [2.75, 3.05) is 6.61 Å². The molecule has 1 N–H and O–H groups in total. The van der Waals surface area contributed by atoms with Crippen molar-refractivity contribution in [1.29, 1.82) is 0 Å². The van der Waals surface area contributed by atoms with Crippen molar-refractivity contribution >= 4 is 41.2 Å². The number of carbonyl (C=O) groups is 3. The van der Waals surface area contributed by atoms with E-state index in [0.29, 0.717) is 21.7 Å². The van der Waals surface area contributed by atoms with Crippen molar-refractivity contribution in [3.05, 3.63) is 22.0 Å². The number of ether oxygens (including phenoxy) is 1. The van der Waals surface area contributed by atoms with E-state index in [9.17, 15) is 14.4 Å². The molecule has 1 aromatic heterocycles. The number of esters is 1. The molecule has 2 rings (SSSR count). The molecule has 0 bridgehead atoms. The van der Waals surface area contributed by atoms with Gasteiger partial charge in [0, 0.05) is 35.9 Å². The Morgan fingerprint density at radius 2 is 1.81 bits per heavy atom. The molecule has 1 aliphatic rings. The van der Waals surface area contributed by atoms with Gasteiger partial charge in [-0.05, 0) is 20.8 Å². The second-order valence-electron chi connectivity index (χ2n) is 4.35. The van der Waals surface area contributed by atoms with Gasteiger partial charge in [0.15, 0.2) is 0 Å². The van der Waals surface area contributed by atoms with Gasteiger partial charge in [0.2, 0.25) is 11.8 Å². The van der Waals surface area contributed by atoms with Crippen LogP contribution in [0.1, 0.15) is 41.5 Å². The van der Waals surface area contributed by atoms with Crippen LogP contribution in [0.25, 0.3) is 0 Å². The monoisotopic (exact) mass is 334 g/mol. The number of H-pyrrole nitrogens is 1. The normalized spacial score (nSPS) is 14.0. The van der Waals surface area contributed by atoms with Crippen molar-refractivity contribution in [2.24, 2.45) is 0 Å². The highest BCUT2D eigenvalue weighted by Crippen LogP contribution is 2.23. The zero-order valence-corrected chi connectivity index (χ0v) is 13.5. The molecule has 0 aliphatic carbocycles. The number of aromatic amines is 1. The predicted molar refractivity (Wildman–Crippen MR) is 78.2 cm³/mol. The highest BCUT2D eigenvalue weighted by atomic mass is 35.5. The highest BCUT2D eigenvalue weighted by Gasteiger charge is 2.26. The summed E-state index contributed by atoms with van der Waals surface area (Å²) >= 11 is 11.1. The molecule has 0 spiro atoms. The molecule has 0 aromatic carbocycles. The van der Waals surface area contributed by atoms with Gasteiger partial charge in [0.05, 0.1) is 11.6 Å². The molecule has 2 heterocycles. The molecule has 21 heavy (non-hydrogen) atoms. The summed E-state index contributed by atoms with van der Waals surface area (Å²) < 4.78 is 5.49. The molecule has 0 unspecified atom stereocenters. The van der Waals surface area contributed by atoms with Crippen LogP contribution >= 0.6 is 23.4 Å². The molecule has 1 aliphatic heterocycles. The average molecular weight is 335 g/mol. The van der Waals surface area contributed by atoms with Gasteiger partial charge in [-0.2, -0.15) is 4.42 Å². The zero-order chi connectivity index (χ0) is 16.2. The van der Waals surface area contributed by atoms with Crippen LogP contribution in [-0.2, 0) is 14.3 Å². The maximum atomic E-state index is 11.3. The fraction of sp³-hybridized carbons (Fsp3) is 0.462. The minimum atomic E-state index is -0.352. The molecule has 1 fully saturated rings. The average Bonchev–Trinajstić information content (AvgIpc) is 2.88. The number of amides is 2. The van der Waals surface area contributed by atoms with E-state index in [0.717, 1.165) is 11.3 Å². The summed E-state index contributed by atoms with van der Waals surface area (Å²) in [4.78, 5) is 34.9. The van der Waals surface area contributed by atoms with Gasteiger partial charge in [-0.15, -0.1) is 0 Å². The second kappa shape index (κ2) is 7.47. The SMILES string of the molecule is CCOC(=O)c1[nH]c(C)c(Cl)c1C.O=C1CCC(=O)N1Cl. The second-order valence-corrected chi connectivity index (χ2v) is 5.07. The molecule has 6 nitrogen and oxygen atoms in total. The topological polar surface area (TPSA) is 79.5 Å². The van der Waals surface area contributed by atoms with Gasteiger partial charge in [0.25, 0.3) is 0 Å². The third kappa shape index (κ3) is 4.22. The van der Waals surface area contributed by atoms with E-state index in [1.165, 1.54) is 0 Å². The van der Waals surface area contributed by atoms with Crippen LogP contribution in [0.5, 0.6) is 0 Å². The van der Waals surface area contributed by atoms with Gasteiger partial charge in [-0.3, -0.25) is 9.59 Å². The lowest BCUT2D eigenvalue weighted by Gasteiger charge is -1.99. The number of hydrogen-bond acceptors (Lipinski definition) is 4. The van der Waals surface area contributed by atoms with Crippen molar-refractivity contribution in [2.45, 2.75) is 33.6 Å². The van der Waals surface area contributed by atoms with Gasteiger partial charge in [-0.25, -0.2) is 4.79 Å². The summed E-state index contributed by atoms with van der Waals surface area (Å²) in [5.74, 6) is -0.941. The van der Waals surface area contributed by atoms with Gasteiger partial charge >= 0.3 is 5.97 Å². The molecular formula is C13H16Cl2N2O4. The van der Waals surface area contributed by atoms with Gasteiger partial charge in [0.1, 0.15) is 5.69 Å². The Morgan fingerprint density at radius 1 is 1.29 bits per heavy atom. The fourth-order valence-corrected chi connectivity index (χ4v) is 1.99. The lowest BCUT2D eigenvalue weighted by molar-refractivity contribution is -0.132. The smallest absolute Gasteiger partial charge is 0.355 e. The maximum absolute atomic E-state index is 11.3. The van der Waals surface area contributed by atoms with Crippen molar-refractivity contribution in [3.8, 4) is 0 Å². The van der Waals surface area contributed by atoms with Crippen LogP contribution in [0.2, 0.25) is 5.02 Å². The maximum Gasteiger partial charge on any atom is 0.355 e. The highest BCUT2D eigenvalue weighted by molar-refractivity contribution is 6.32. The predicted octanol–water partition coefficient (Wildman–Crippen LogP) is 2.75. The number of rotatable bonds is 2. The largest absolute Gasteiger partial charge is 0.461 e. The summed E-state index contributed by atoms with van der Waals surface area (Å²) in [7, 11) is 0. The van der Waals surface area contributed by atoms with E-state index in [2.05, 4.69) is 4.98 Å². The molecule has 2 amide bonds. The van der Waals surface area contributed by atoms with Crippen LogP contribution in [0, 0.1) is 13.8 Å². The van der Waals surface area contributed by atoms with Crippen LogP contribution in [0.3, 0.4) is 0 Å². The number of nitrogens with zero attached hydrogens (tertiary/aromatic N) is 1. The van der Waals surface area contributed by atoms with Crippen molar-refractivity contribution < 1.29 is 19.1 Å². The molecule has 0 atom stereocenters. The number of nitrogens with one attached hydrogen (secondary N) is 1. The summed E-state index contributed by atoms with van der Waals surface area (Å²) in [6.45, 7) is 5.74. The number of imide groups is 1. The third-order valence-electron chi connectivity index (χ3n) is 2.82. The number of aryl methyl sites for hydroxylation is 1. The van der Waals surface area contributed by atoms with Crippen LogP contribution in [0.4, 0.5) is 0 Å². The molecule has 8 heteroatoms. The first kappa shape index (κ1) is 17.5. The number of aromatic nitrogens is 1. The summed E-state index contributed by atoms with van der Waals surface area (Å²) in [6.07, 6.45) is 0.532. The lowest BCUT2D eigenvalue weighted by atomic mass is 10.2. The van der Waals surface area contributed by atoms with Gasteiger partial charge in [-0.1, -0.05) is 11.6 Å². The number of hydrogen-bond donors (Lipinski definition) is 1. The quantitative estimate of drug-likeness (QED) is 0.512. The molecule has 1 saturated heterocycles. The Morgan fingerprint density at radius 3 is 2.10 bits per heavy atom. The molecule has 116 valence electrons. The zero-order valence-electron chi connectivity index (χ0n) is 12.0. The van der Waals surface area contributed by atoms with Crippen molar-refractivity contribution in [1.82, 2.24) is 9.40 Å². The molecular weight excluding hydrogens is 319 g/mol. The Kier molecular flexibility index (Phi) is 6.23. The molecule has 1 aromatic rings. The first-order chi connectivity index (χ1) is 9.79. The van der Waals surface area contributed by atoms with E-state index in [4.69, 9.17) is 28.1 Å². The standard InChI is InChI=1S/C9H12ClNO2.C4H4ClNO2/c1-4-13-9(12)8-5(2)7(10)6(3)11-8;5-6-3(7)1-2-4(6)8/h11H,4H2,1-3H3;1-2H2. The first-order valence-corrected chi connectivity index (χ1v) is 7.04. The Balaban J connectivity index is 0.000000235. The first-order valence-electron chi connectivity index (χ1n) is 6.32. The Bertz CT molecular complexity index is 553. The van der Waals surface area contributed by atoms with Gasteiger partial charge < -0.3 is 9.72 Å². The van der Waals surface area contributed by atoms with Crippen LogP contribution in [0.15, 0.2) is 0 Å². The van der Waals surface area contributed by atoms with Crippen LogP contribution in [-0.4, -0.2) is 33.8 Å². The molecule has 0 radical (unpaired) electrons. The van der Waals surface area contributed by atoms with E-state index in [1.807, 2.05) is 6.92 Å². The van der Waals surface area contributed by atoms with E-state index in [-0.39, 0.29) is 30.6 Å². The number of halogens is 2. The minimum Gasteiger partial charge on any atom is -0.461 e. The Hall–Kier alpha value is -1.53. The summed E-state index contributed by atoms with van der Waals surface area (Å²) in [6, 6.07) is 0.